The van der Waals surface area contributed by atoms with Crippen LogP contribution in [0, 0.1) is 5.82 Å². The van der Waals surface area contributed by atoms with Gasteiger partial charge in [0.25, 0.3) is 0 Å². The maximum atomic E-state index is 14.2. The zero-order chi connectivity index (χ0) is 19.6. The third-order valence-electron chi connectivity index (χ3n) is 4.71. The smallest absolute Gasteiger partial charge is 0.317 e. The molecule has 2 aliphatic rings. The summed E-state index contributed by atoms with van der Waals surface area (Å²) in [6.45, 7) is 1.16. The van der Waals surface area contributed by atoms with E-state index in [1.807, 2.05) is 0 Å². The maximum Gasteiger partial charge on any atom is 0.317 e. The van der Waals surface area contributed by atoms with E-state index in [1.54, 1.807) is 4.90 Å². The van der Waals surface area contributed by atoms with E-state index in [0.29, 0.717) is 37.4 Å². The van der Waals surface area contributed by atoms with Gasteiger partial charge in [-0.2, -0.15) is 4.31 Å². The normalized spacial score (nSPS) is 22.6. The van der Waals surface area contributed by atoms with Crippen LogP contribution in [0.15, 0.2) is 23.1 Å². The second kappa shape index (κ2) is 8.52. The van der Waals surface area contributed by atoms with Crippen molar-refractivity contribution in [3.63, 3.8) is 0 Å². The molecule has 2 aliphatic heterocycles. The van der Waals surface area contributed by atoms with Gasteiger partial charge in [0.1, 0.15) is 16.4 Å². The molecule has 2 amide bonds. The molecule has 2 fully saturated rings. The standard InChI is InChI=1S/C16H21ClFN3O4S2/c17-13-4-1-5-14(15(13)18)27(24,25)21-6-2-3-12(11-21)19-16(22)20-7-9-26(23)10-8-20/h1,4-5,12H,2-3,6-11H2,(H,19,22)/t12-/m0/s1. The van der Waals surface area contributed by atoms with Gasteiger partial charge in [-0.3, -0.25) is 0 Å². The van der Waals surface area contributed by atoms with E-state index in [2.05, 4.69) is 5.32 Å². The lowest BCUT2D eigenvalue weighted by Gasteiger charge is -2.34. The molecule has 1 atom stereocenters. The molecule has 2 heterocycles. The van der Waals surface area contributed by atoms with Crippen molar-refractivity contribution in [1.29, 1.82) is 0 Å². The third kappa shape index (κ3) is 4.68. The Morgan fingerprint density at radius 2 is 2.00 bits per heavy atom. The summed E-state index contributed by atoms with van der Waals surface area (Å²) in [5.41, 5.74) is 0. The molecule has 7 nitrogen and oxygen atoms in total. The minimum absolute atomic E-state index is 0.0692. The number of hydrogen-bond acceptors (Lipinski definition) is 4. The molecular formula is C16H21ClFN3O4S2. The summed E-state index contributed by atoms with van der Waals surface area (Å²) in [5, 5.41) is 2.60. The van der Waals surface area contributed by atoms with Crippen molar-refractivity contribution in [2.24, 2.45) is 0 Å². The summed E-state index contributed by atoms with van der Waals surface area (Å²) in [6, 6.07) is 3.22. The number of amides is 2. The minimum atomic E-state index is -4.05. The zero-order valence-corrected chi connectivity index (χ0v) is 17.0. The van der Waals surface area contributed by atoms with Crippen molar-refractivity contribution >= 4 is 38.8 Å². The first-order valence-corrected chi connectivity index (χ1v) is 11.9. The Balaban J connectivity index is 1.67. The van der Waals surface area contributed by atoms with Crippen LogP contribution < -0.4 is 5.32 Å². The van der Waals surface area contributed by atoms with E-state index in [9.17, 15) is 22.2 Å². The van der Waals surface area contributed by atoms with Gasteiger partial charge in [-0.1, -0.05) is 28.8 Å². The quantitative estimate of drug-likeness (QED) is 0.723. The van der Waals surface area contributed by atoms with Gasteiger partial charge < -0.3 is 14.8 Å². The minimum Gasteiger partial charge on any atom is -0.616 e. The number of rotatable bonds is 3. The summed E-state index contributed by atoms with van der Waals surface area (Å²) < 4.78 is 52.4. The number of nitrogens with one attached hydrogen (secondary N) is 1. The Morgan fingerprint density at radius 1 is 1.30 bits per heavy atom. The lowest BCUT2D eigenvalue weighted by atomic mass is 10.1. The number of urea groups is 1. The van der Waals surface area contributed by atoms with Crippen molar-refractivity contribution in [2.75, 3.05) is 37.7 Å². The number of hydrogen-bond donors (Lipinski definition) is 1. The molecular weight excluding hydrogens is 417 g/mol. The molecule has 0 bridgehead atoms. The highest BCUT2D eigenvalue weighted by Gasteiger charge is 2.34. The summed E-state index contributed by atoms with van der Waals surface area (Å²) in [4.78, 5) is 13.5. The lowest BCUT2D eigenvalue weighted by molar-refractivity contribution is 0.189. The first-order valence-electron chi connectivity index (χ1n) is 8.63. The summed E-state index contributed by atoms with van der Waals surface area (Å²) >= 11 is 4.83. The van der Waals surface area contributed by atoms with Gasteiger partial charge in [0, 0.05) is 19.1 Å². The van der Waals surface area contributed by atoms with Crippen molar-refractivity contribution in [3.05, 3.63) is 29.0 Å². The molecule has 0 aromatic heterocycles. The first-order chi connectivity index (χ1) is 12.8. The van der Waals surface area contributed by atoms with Crippen LogP contribution in [0.4, 0.5) is 9.18 Å². The molecule has 3 rings (SSSR count). The SMILES string of the molecule is O=C(N[C@H]1CCCN(S(=O)(=O)c2cccc(Cl)c2F)C1)N1CC[S+]([O-])CC1. The van der Waals surface area contributed by atoms with Crippen LogP contribution >= 0.6 is 11.6 Å². The fraction of sp³-hybridized carbons (Fsp3) is 0.562. The molecule has 1 N–H and O–H groups in total. The Bertz CT molecular complexity index is 803. The number of carbonyl (C=O) groups is 1. The second-order valence-electron chi connectivity index (χ2n) is 6.54. The van der Waals surface area contributed by atoms with Crippen LogP contribution in [-0.4, -0.2) is 71.9 Å². The monoisotopic (exact) mass is 437 g/mol. The van der Waals surface area contributed by atoms with Gasteiger partial charge in [0.05, 0.1) is 18.1 Å². The van der Waals surface area contributed by atoms with E-state index in [1.165, 1.54) is 22.5 Å². The Hall–Kier alpha value is -1.07. The molecule has 150 valence electrons. The highest BCUT2D eigenvalue weighted by atomic mass is 35.5. The number of carbonyl (C=O) groups excluding carboxylic acids is 1. The largest absolute Gasteiger partial charge is 0.616 e. The van der Waals surface area contributed by atoms with E-state index in [0.717, 1.165) is 0 Å². The Labute approximate surface area is 166 Å². The van der Waals surface area contributed by atoms with Gasteiger partial charge in [0.2, 0.25) is 10.0 Å². The molecule has 11 heteroatoms. The summed E-state index contributed by atoms with van der Waals surface area (Å²) in [6.07, 6.45) is 1.19. The molecule has 0 saturated carbocycles. The van der Waals surface area contributed by atoms with Crippen LogP contribution in [-0.2, 0) is 21.2 Å². The molecule has 2 saturated heterocycles. The van der Waals surface area contributed by atoms with Crippen molar-refractivity contribution < 1.29 is 22.2 Å². The molecule has 0 unspecified atom stereocenters. The summed E-state index contributed by atoms with van der Waals surface area (Å²) in [5.74, 6) is -0.0640. The average molecular weight is 438 g/mol. The average Bonchev–Trinajstić information content (AvgIpc) is 2.64. The maximum absolute atomic E-state index is 14.2. The number of halogens is 2. The second-order valence-corrected chi connectivity index (χ2v) is 10.5. The number of benzene rings is 1. The molecule has 0 radical (unpaired) electrons. The number of piperidine rings is 1. The van der Waals surface area contributed by atoms with Crippen molar-refractivity contribution in [1.82, 2.24) is 14.5 Å². The lowest BCUT2D eigenvalue weighted by Crippen LogP contribution is -2.55. The number of sulfonamides is 1. The predicted octanol–water partition coefficient (Wildman–Crippen LogP) is 1.41. The zero-order valence-electron chi connectivity index (χ0n) is 14.6. The van der Waals surface area contributed by atoms with Crippen LogP contribution in [0.5, 0.6) is 0 Å². The summed E-state index contributed by atoms with van der Waals surface area (Å²) in [7, 11) is -4.05. The van der Waals surface area contributed by atoms with E-state index < -0.39 is 31.9 Å². The van der Waals surface area contributed by atoms with Gasteiger partial charge >= 0.3 is 6.03 Å². The van der Waals surface area contributed by atoms with Crippen LogP contribution in [0.2, 0.25) is 5.02 Å². The topological polar surface area (TPSA) is 92.8 Å². The molecule has 0 spiro atoms. The fourth-order valence-electron chi connectivity index (χ4n) is 3.21. The van der Waals surface area contributed by atoms with Crippen LogP contribution in [0.3, 0.4) is 0 Å². The van der Waals surface area contributed by atoms with E-state index in [4.69, 9.17) is 11.6 Å². The van der Waals surface area contributed by atoms with Gasteiger partial charge in [0.15, 0.2) is 5.82 Å². The number of nitrogens with zero attached hydrogens (tertiary/aromatic N) is 2. The van der Waals surface area contributed by atoms with Gasteiger partial charge in [-0.25, -0.2) is 17.6 Å². The molecule has 1 aromatic rings. The van der Waals surface area contributed by atoms with Crippen molar-refractivity contribution in [2.45, 2.75) is 23.8 Å². The van der Waals surface area contributed by atoms with E-state index >= 15 is 0 Å². The molecule has 0 aliphatic carbocycles. The van der Waals surface area contributed by atoms with Crippen LogP contribution in [0.1, 0.15) is 12.8 Å². The Kier molecular flexibility index (Phi) is 6.52. The van der Waals surface area contributed by atoms with Gasteiger partial charge in [-0.05, 0) is 25.0 Å². The van der Waals surface area contributed by atoms with Crippen LogP contribution in [0.25, 0.3) is 0 Å². The fourth-order valence-corrected chi connectivity index (χ4v) is 6.10. The van der Waals surface area contributed by atoms with Crippen molar-refractivity contribution in [3.8, 4) is 0 Å². The Morgan fingerprint density at radius 3 is 2.70 bits per heavy atom. The highest BCUT2D eigenvalue weighted by molar-refractivity contribution is 7.91. The highest BCUT2D eigenvalue weighted by Crippen LogP contribution is 2.26. The first kappa shape index (κ1) is 20.7. The van der Waals surface area contributed by atoms with E-state index in [-0.39, 0.29) is 30.2 Å². The molecule has 27 heavy (non-hydrogen) atoms. The predicted molar refractivity (Wildman–Crippen MR) is 101 cm³/mol. The molecule has 1 aromatic carbocycles. The van der Waals surface area contributed by atoms with Gasteiger partial charge in [-0.15, -0.1) is 0 Å². The third-order valence-corrected chi connectivity index (χ3v) is 8.16.